The molecule has 1 saturated heterocycles. The monoisotopic (exact) mass is 502 g/mol. The average molecular weight is 503 g/mol. The molecule has 0 aliphatic carbocycles. The molecule has 0 spiro atoms. The zero-order chi connectivity index (χ0) is 24.3. The van der Waals surface area contributed by atoms with Crippen LogP contribution < -0.4 is 5.32 Å². The third kappa shape index (κ3) is 5.79. The summed E-state index contributed by atoms with van der Waals surface area (Å²) in [6.45, 7) is 6.08. The number of aromatic nitrogens is 2. The fourth-order valence-electron chi connectivity index (χ4n) is 4.37. The molecule has 1 amide bonds. The molecule has 1 aliphatic heterocycles. The first-order valence-electron chi connectivity index (χ1n) is 11.7. The molecule has 4 rings (SSSR count). The van der Waals surface area contributed by atoms with Crippen LogP contribution in [0.15, 0.2) is 41.3 Å². The molecule has 0 atom stereocenters. The number of hydrogen-bond acceptors (Lipinski definition) is 5. The van der Waals surface area contributed by atoms with Crippen LogP contribution in [0.4, 0.5) is 0 Å². The topological polar surface area (TPSA) is 95.2 Å². The number of carbonyl (C=O) groups excluding carboxylic acids is 1. The molecule has 0 bridgehead atoms. The van der Waals surface area contributed by atoms with E-state index in [0.717, 1.165) is 53.8 Å². The number of likely N-dealkylation sites (tertiary alicyclic amines) is 1. The smallest absolute Gasteiger partial charge is 0.223 e. The van der Waals surface area contributed by atoms with Crippen LogP contribution >= 0.6 is 11.6 Å². The number of fused-ring (bicyclic) bond motifs is 1. The third-order valence-corrected chi connectivity index (χ3v) is 8.45. The van der Waals surface area contributed by atoms with Gasteiger partial charge in [0.05, 0.1) is 22.0 Å². The van der Waals surface area contributed by atoms with Crippen LogP contribution in [-0.2, 0) is 27.6 Å². The minimum atomic E-state index is -3.55. The number of sulfone groups is 1. The SMILES string of the molecule is CCc1nc(C)c(CNC2CCN(C(=O)CCS(=O)(=O)c3ccc4cc(Cl)ccc4c3)CC2)[nH]1. The van der Waals surface area contributed by atoms with Crippen LogP contribution in [0.3, 0.4) is 0 Å². The second kappa shape index (κ2) is 10.5. The number of rotatable bonds is 8. The number of benzene rings is 2. The minimum Gasteiger partial charge on any atom is -0.345 e. The highest BCUT2D eigenvalue weighted by molar-refractivity contribution is 7.91. The van der Waals surface area contributed by atoms with Gasteiger partial charge in [0.1, 0.15) is 5.82 Å². The summed E-state index contributed by atoms with van der Waals surface area (Å²) in [6, 6.07) is 10.6. The molecule has 3 aromatic rings. The van der Waals surface area contributed by atoms with Crippen LogP contribution in [-0.4, -0.2) is 54.1 Å². The van der Waals surface area contributed by atoms with E-state index >= 15 is 0 Å². The lowest BCUT2D eigenvalue weighted by molar-refractivity contribution is -0.131. The molecule has 2 N–H and O–H groups in total. The Hall–Kier alpha value is -2.42. The molecule has 2 heterocycles. The maximum atomic E-state index is 12.8. The van der Waals surface area contributed by atoms with Gasteiger partial charge >= 0.3 is 0 Å². The molecular weight excluding hydrogens is 472 g/mol. The van der Waals surface area contributed by atoms with Gasteiger partial charge < -0.3 is 15.2 Å². The van der Waals surface area contributed by atoms with E-state index < -0.39 is 9.84 Å². The second-order valence-corrected chi connectivity index (χ2v) is 11.4. The number of halogens is 1. The fraction of sp³-hybridized carbons (Fsp3) is 0.440. The number of nitrogens with one attached hydrogen (secondary N) is 2. The predicted molar refractivity (Wildman–Crippen MR) is 135 cm³/mol. The molecule has 1 fully saturated rings. The van der Waals surface area contributed by atoms with Gasteiger partial charge in [-0.3, -0.25) is 4.79 Å². The van der Waals surface area contributed by atoms with Crippen LogP contribution in [0.2, 0.25) is 5.02 Å². The van der Waals surface area contributed by atoms with Crippen LogP contribution in [0.1, 0.15) is 43.4 Å². The number of hydrogen-bond donors (Lipinski definition) is 2. The summed E-state index contributed by atoms with van der Waals surface area (Å²) in [5.74, 6) is 0.700. The number of carbonyl (C=O) groups is 1. The predicted octanol–water partition coefficient (Wildman–Crippen LogP) is 4.03. The van der Waals surface area contributed by atoms with Crippen molar-refractivity contribution in [2.45, 2.75) is 57.0 Å². The Morgan fingerprint density at radius 1 is 1.18 bits per heavy atom. The number of piperidine rings is 1. The van der Waals surface area contributed by atoms with Crippen LogP contribution in [0.5, 0.6) is 0 Å². The summed E-state index contributed by atoms with van der Waals surface area (Å²) < 4.78 is 25.7. The summed E-state index contributed by atoms with van der Waals surface area (Å²) in [7, 11) is -3.55. The van der Waals surface area contributed by atoms with Crippen molar-refractivity contribution in [3.63, 3.8) is 0 Å². The number of nitrogens with zero attached hydrogens (tertiary/aromatic N) is 2. The van der Waals surface area contributed by atoms with Gasteiger partial charge in [0.25, 0.3) is 0 Å². The summed E-state index contributed by atoms with van der Waals surface area (Å²) in [4.78, 5) is 22.6. The molecule has 7 nitrogen and oxygen atoms in total. The van der Waals surface area contributed by atoms with Gasteiger partial charge in [-0.2, -0.15) is 0 Å². The maximum Gasteiger partial charge on any atom is 0.223 e. The van der Waals surface area contributed by atoms with Crippen molar-refractivity contribution >= 4 is 38.1 Å². The quantitative estimate of drug-likeness (QED) is 0.485. The van der Waals surface area contributed by atoms with Gasteiger partial charge in [0.15, 0.2) is 9.84 Å². The highest BCUT2D eigenvalue weighted by Gasteiger charge is 2.25. The van der Waals surface area contributed by atoms with E-state index in [1.807, 2.05) is 6.92 Å². The Labute approximate surface area is 205 Å². The van der Waals surface area contributed by atoms with Crippen molar-refractivity contribution in [3.8, 4) is 0 Å². The molecule has 0 unspecified atom stereocenters. The lowest BCUT2D eigenvalue weighted by Gasteiger charge is -2.32. The average Bonchev–Trinajstić information content (AvgIpc) is 3.20. The summed E-state index contributed by atoms with van der Waals surface area (Å²) in [5, 5.41) is 5.85. The van der Waals surface area contributed by atoms with Crippen LogP contribution in [0, 0.1) is 6.92 Å². The first kappa shape index (κ1) is 24.7. The van der Waals surface area contributed by atoms with E-state index in [9.17, 15) is 13.2 Å². The van der Waals surface area contributed by atoms with Gasteiger partial charge in [-0.25, -0.2) is 13.4 Å². The number of H-pyrrole nitrogens is 1. The van der Waals surface area contributed by atoms with Gasteiger partial charge in [0.2, 0.25) is 5.91 Å². The Bertz CT molecular complexity index is 1280. The molecule has 2 aromatic carbocycles. The molecule has 0 radical (unpaired) electrons. The lowest BCUT2D eigenvalue weighted by atomic mass is 10.0. The van der Waals surface area contributed by atoms with Crippen molar-refractivity contribution in [2.24, 2.45) is 0 Å². The number of aromatic amines is 1. The highest BCUT2D eigenvalue weighted by atomic mass is 35.5. The molecule has 1 aromatic heterocycles. The van der Waals surface area contributed by atoms with E-state index in [-0.39, 0.29) is 23.0 Å². The normalized spacial score (nSPS) is 15.2. The standard InChI is InChI=1S/C25H31ClN4O3S/c1-3-24-28-17(2)23(29-24)16-27-21-8-11-30(12-9-21)25(31)10-13-34(32,33)22-7-5-18-14-20(26)6-4-19(18)15-22/h4-7,14-15,21,27H,3,8-13,16H2,1-2H3,(H,28,29). The number of aryl methyl sites for hydroxylation is 2. The molecule has 182 valence electrons. The van der Waals surface area contributed by atoms with E-state index in [1.54, 1.807) is 41.3 Å². The van der Waals surface area contributed by atoms with E-state index in [4.69, 9.17) is 11.6 Å². The first-order valence-corrected chi connectivity index (χ1v) is 13.8. The zero-order valence-corrected chi connectivity index (χ0v) is 21.2. The van der Waals surface area contributed by atoms with Crippen molar-refractivity contribution < 1.29 is 13.2 Å². The van der Waals surface area contributed by atoms with Crippen LogP contribution in [0.25, 0.3) is 10.8 Å². The minimum absolute atomic E-state index is 0.00772. The highest BCUT2D eigenvalue weighted by Crippen LogP contribution is 2.24. The number of amides is 1. The van der Waals surface area contributed by atoms with E-state index in [1.165, 1.54) is 0 Å². The van der Waals surface area contributed by atoms with Gasteiger partial charge in [-0.1, -0.05) is 30.7 Å². The maximum absolute atomic E-state index is 12.8. The molecule has 34 heavy (non-hydrogen) atoms. The van der Waals surface area contributed by atoms with Crippen molar-refractivity contribution in [1.82, 2.24) is 20.2 Å². The Balaban J connectivity index is 1.26. The van der Waals surface area contributed by atoms with Gasteiger partial charge in [-0.15, -0.1) is 0 Å². The Morgan fingerprint density at radius 2 is 1.88 bits per heavy atom. The van der Waals surface area contributed by atoms with Crippen molar-refractivity contribution in [3.05, 3.63) is 58.6 Å². The van der Waals surface area contributed by atoms with Crippen molar-refractivity contribution in [1.29, 1.82) is 0 Å². The Kier molecular flexibility index (Phi) is 7.60. The lowest BCUT2D eigenvalue weighted by Crippen LogP contribution is -2.45. The second-order valence-electron chi connectivity index (χ2n) is 8.86. The summed E-state index contributed by atoms with van der Waals surface area (Å²) in [5.41, 5.74) is 2.13. The Morgan fingerprint density at radius 3 is 2.59 bits per heavy atom. The van der Waals surface area contributed by atoms with E-state index in [2.05, 4.69) is 22.2 Å². The van der Waals surface area contributed by atoms with Gasteiger partial charge in [0, 0.05) is 43.5 Å². The summed E-state index contributed by atoms with van der Waals surface area (Å²) in [6.07, 6.45) is 2.57. The molecular formula is C25H31ClN4O3S. The fourth-order valence-corrected chi connectivity index (χ4v) is 5.81. The summed E-state index contributed by atoms with van der Waals surface area (Å²) >= 11 is 6.01. The first-order chi connectivity index (χ1) is 16.2. The molecule has 1 aliphatic rings. The number of imidazole rings is 1. The largest absolute Gasteiger partial charge is 0.345 e. The van der Waals surface area contributed by atoms with Crippen molar-refractivity contribution in [2.75, 3.05) is 18.8 Å². The molecule has 9 heteroatoms. The van der Waals surface area contributed by atoms with Gasteiger partial charge in [-0.05, 0) is 54.8 Å². The zero-order valence-electron chi connectivity index (χ0n) is 19.6. The van der Waals surface area contributed by atoms with E-state index in [0.29, 0.717) is 24.2 Å². The third-order valence-electron chi connectivity index (χ3n) is 6.50. The molecule has 0 saturated carbocycles.